The summed E-state index contributed by atoms with van der Waals surface area (Å²) in [5.41, 5.74) is 5.69. The molecule has 19 heavy (non-hydrogen) atoms. The molecule has 2 atom stereocenters. The number of aliphatic carboxylic acids is 1. The largest absolute Gasteiger partial charge is 0.480 e. The summed E-state index contributed by atoms with van der Waals surface area (Å²) in [5, 5.41) is 8.59. The van der Waals surface area contributed by atoms with Crippen LogP contribution in [0.2, 0.25) is 0 Å². The van der Waals surface area contributed by atoms with Crippen molar-refractivity contribution in [3.8, 4) is 0 Å². The van der Waals surface area contributed by atoms with Gasteiger partial charge in [-0.25, -0.2) is 8.60 Å². The number of benzene rings is 1. The molecule has 1 aromatic rings. The number of hydrogen-bond acceptors (Lipinski definition) is 4. The Labute approximate surface area is 111 Å². The zero-order valence-electron chi connectivity index (χ0n) is 10.3. The number of nitrogens with one attached hydrogen (secondary N) is 1. The van der Waals surface area contributed by atoms with Gasteiger partial charge in [-0.15, -0.1) is 0 Å². The van der Waals surface area contributed by atoms with Crippen LogP contribution in [-0.4, -0.2) is 32.8 Å². The van der Waals surface area contributed by atoms with E-state index < -0.39 is 21.7 Å². The highest BCUT2D eigenvalue weighted by atomic mass is 32.2. The maximum atomic E-state index is 13.3. The molecule has 0 bridgehead atoms. The quantitative estimate of drug-likeness (QED) is 0.701. The minimum Gasteiger partial charge on any atom is -0.480 e. The Morgan fingerprint density at radius 1 is 1.42 bits per heavy atom. The van der Waals surface area contributed by atoms with Crippen molar-refractivity contribution in [2.24, 2.45) is 5.73 Å². The van der Waals surface area contributed by atoms with Crippen molar-refractivity contribution in [1.82, 2.24) is 0 Å². The van der Waals surface area contributed by atoms with E-state index in [2.05, 4.69) is 0 Å². The third-order valence-corrected chi connectivity index (χ3v) is 4.49. The van der Waals surface area contributed by atoms with Crippen molar-refractivity contribution in [2.45, 2.75) is 18.9 Å². The second kappa shape index (κ2) is 6.63. The summed E-state index contributed by atoms with van der Waals surface area (Å²) in [6.07, 6.45) is 0.173. The molecule has 0 heterocycles. The number of aryl methyl sites for hydroxylation is 1. The summed E-state index contributed by atoms with van der Waals surface area (Å²) < 4.78 is 32.9. The SMILES string of the molecule is N=S(=O)(CCc1ccccc1F)CC[C@H](N)C(=O)O. The Kier molecular flexibility index (Phi) is 5.44. The molecule has 0 saturated carbocycles. The fraction of sp³-hybridized carbons (Fsp3) is 0.417. The third kappa shape index (κ3) is 5.35. The Morgan fingerprint density at radius 2 is 2.05 bits per heavy atom. The molecule has 106 valence electrons. The number of nitrogens with two attached hydrogens (primary N) is 1. The predicted molar refractivity (Wildman–Crippen MR) is 70.9 cm³/mol. The molecule has 4 N–H and O–H groups in total. The van der Waals surface area contributed by atoms with Crippen LogP contribution in [-0.2, 0) is 20.9 Å². The van der Waals surface area contributed by atoms with Crippen LogP contribution < -0.4 is 5.73 Å². The van der Waals surface area contributed by atoms with Gasteiger partial charge in [0.05, 0.1) is 0 Å². The van der Waals surface area contributed by atoms with Gasteiger partial charge < -0.3 is 10.8 Å². The molecule has 0 amide bonds. The van der Waals surface area contributed by atoms with Gasteiger partial charge in [-0.3, -0.25) is 9.57 Å². The zero-order valence-corrected chi connectivity index (χ0v) is 11.2. The predicted octanol–water partition coefficient (Wildman–Crippen LogP) is 1.22. The molecule has 0 spiro atoms. The number of hydrogen-bond donors (Lipinski definition) is 3. The van der Waals surface area contributed by atoms with Gasteiger partial charge in [0.2, 0.25) is 0 Å². The first-order valence-electron chi connectivity index (χ1n) is 5.78. The Bertz CT molecular complexity index is 546. The van der Waals surface area contributed by atoms with E-state index in [4.69, 9.17) is 15.6 Å². The molecule has 0 radical (unpaired) electrons. The van der Waals surface area contributed by atoms with Crippen molar-refractivity contribution in [3.63, 3.8) is 0 Å². The first kappa shape index (κ1) is 15.6. The van der Waals surface area contributed by atoms with Crippen molar-refractivity contribution < 1.29 is 18.5 Å². The number of carboxylic acid groups (broad SMARTS) is 1. The molecule has 5 nitrogen and oxygen atoms in total. The van der Waals surface area contributed by atoms with E-state index in [0.29, 0.717) is 5.56 Å². The van der Waals surface area contributed by atoms with Crippen LogP contribution in [0, 0.1) is 10.6 Å². The van der Waals surface area contributed by atoms with Crippen LogP contribution in [0.15, 0.2) is 24.3 Å². The summed E-state index contributed by atoms with van der Waals surface area (Å²) in [5.74, 6) is -1.65. The molecular weight excluding hydrogens is 271 g/mol. The summed E-state index contributed by atoms with van der Waals surface area (Å²) in [6.45, 7) is 0. The van der Waals surface area contributed by atoms with Gasteiger partial charge in [0.1, 0.15) is 11.9 Å². The van der Waals surface area contributed by atoms with E-state index in [0.717, 1.165) is 0 Å². The maximum Gasteiger partial charge on any atom is 0.320 e. The fourth-order valence-corrected chi connectivity index (χ4v) is 2.91. The average molecular weight is 288 g/mol. The first-order chi connectivity index (χ1) is 8.82. The van der Waals surface area contributed by atoms with E-state index in [-0.39, 0.29) is 30.2 Å². The molecule has 0 aliphatic carbocycles. The first-order valence-corrected chi connectivity index (χ1v) is 7.67. The third-order valence-electron chi connectivity index (χ3n) is 2.73. The number of rotatable bonds is 7. The van der Waals surface area contributed by atoms with E-state index >= 15 is 0 Å². The molecule has 7 heteroatoms. The molecule has 1 aromatic carbocycles. The lowest BCUT2D eigenvalue weighted by molar-refractivity contribution is -0.138. The standard InChI is InChI=1S/C12H17FN2O3S/c13-10-4-2-1-3-9(10)5-7-19(15,18)8-6-11(14)12(16)17/h1-4,11,15H,5-8,14H2,(H,16,17)/t11-,19?/m0/s1. The van der Waals surface area contributed by atoms with E-state index in [1.807, 2.05) is 0 Å². The number of carboxylic acids is 1. The van der Waals surface area contributed by atoms with E-state index in [1.54, 1.807) is 18.2 Å². The summed E-state index contributed by atoms with van der Waals surface area (Å²) in [6, 6.07) is 5.00. The Balaban J connectivity index is 2.52. The lowest BCUT2D eigenvalue weighted by atomic mass is 10.2. The monoisotopic (exact) mass is 288 g/mol. The van der Waals surface area contributed by atoms with Crippen LogP contribution in [0.5, 0.6) is 0 Å². The van der Waals surface area contributed by atoms with E-state index in [1.165, 1.54) is 6.07 Å². The van der Waals surface area contributed by atoms with Crippen LogP contribution in [0.25, 0.3) is 0 Å². The molecular formula is C12H17FN2O3S. The summed E-state index contributed by atoms with van der Waals surface area (Å²) >= 11 is 0. The van der Waals surface area contributed by atoms with Gasteiger partial charge in [-0.05, 0) is 24.5 Å². The Morgan fingerprint density at radius 3 is 2.63 bits per heavy atom. The average Bonchev–Trinajstić information content (AvgIpc) is 2.35. The highest BCUT2D eigenvalue weighted by molar-refractivity contribution is 7.92. The van der Waals surface area contributed by atoms with Crippen LogP contribution in [0.3, 0.4) is 0 Å². The van der Waals surface area contributed by atoms with Gasteiger partial charge in [0.25, 0.3) is 0 Å². The topological polar surface area (TPSA) is 104 Å². The molecule has 0 aliphatic rings. The van der Waals surface area contributed by atoms with E-state index in [9.17, 15) is 13.4 Å². The van der Waals surface area contributed by atoms with Crippen molar-refractivity contribution in [1.29, 1.82) is 4.78 Å². The maximum absolute atomic E-state index is 13.3. The lowest BCUT2D eigenvalue weighted by Gasteiger charge is -2.10. The van der Waals surface area contributed by atoms with Crippen LogP contribution in [0.1, 0.15) is 12.0 Å². The molecule has 1 unspecified atom stereocenters. The highest BCUT2D eigenvalue weighted by Gasteiger charge is 2.15. The number of carbonyl (C=O) groups is 1. The van der Waals surface area contributed by atoms with Gasteiger partial charge >= 0.3 is 5.97 Å². The molecule has 0 aliphatic heterocycles. The van der Waals surface area contributed by atoms with Crippen molar-refractivity contribution in [3.05, 3.63) is 35.6 Å². The molecule has 0 saturated heterocycles. The summed E-state index contributed by atoms with van der Waals surface area (Å²) in [4.78, 5) is 10.5. The molecule has 0 aromatic heterocycles. The second-order valence-electron chi connectivity index (χ2n) is 4.29. The van der Waals surface area contributed by atoms with Crippen LogP contribution in [0.4, 0.5) is 4.39 Å². The van der Waals surface area contributed by atoms with Crippen molar-refractivity contribution in [2.75, 3.05) is 11.5 Å². The normalized spacial score (nSPS) is 15.7. The smallest absolute Gasteiger partial charge is 0.320 e. The van der Waals surface area contributed by atoms with Crippen LogP contribution >= 0.6 is 0 Å². The highest BCUT2D eigenvalue weighted by Crippen LogP contribution is 2.09. The van der Waals surface area contributed by atoms with Gasteiger partial charge in [0, 0.05) is 21.2 Å². The molecule has 0 fully saturated rings. The van der Waals surface area contributed by atoms with Gasteiger partial charge in [-0.2, -0.15) is 0 Å². The lowest BCUT2D eigenvalue weighted by Crippen LogP contribution is -2.32. The minimum absolute atomic E-state index is 0.000270. The fourth-order valence-electron chi connectivity index (χ4n) is 1.52. The second-order valence-corrected chi connectivity index (χ2v) is 6.74. The van der Waals surface area contributed by atoms with Gasteiger partial charge in [-0.1, -0.05) is 18.2 Å². The Hall–Kier alpha value is -1.47. The minimum atomic E-state index is -2.94. The zero-order chi connectivity index (χ0) is 14.5. The number of halogens is 1. The van der Waals surface area contributed by atoms with Crippen molar-refractivity contribution >= 4 is 15.7 Å². The summed E-state index contributed by atoms with van der Waals surface area (Å²) in [7, 11) is -2.94. The van der Waals surface area contributed by atoms with Gasteiger partial charge in [0.15, 0.2) is 0 Å². The molecule has 1 rings (SSSR count).